The van der Waals surface area contributed by atoms with Crippen LogP contribution in [0.3, 0.4) is 0 Å². The van der Waals surface area contributed by atoms with Crippen molar-refractivity contribution in [2.45, 2.75) is 36.9 Å². The molecule has 2 aromatic carbocycles. The minimum absolute atomic E-state index is 0.00531. The predicted molar refractivity (Wildman–Crippen MR) is 120 cm³/mol. The van der Waals surface area contributed by atoms with Gasteiger partial charge in [0.2, 0.25) is 15.9 Å². The number of thiocarbonyl (C=S) groups is 1. The number of rotatable bonds is 9. The second-order valence-corrected chi connectivity index (χ2v) is 8.80. The van der Waals surface area contributed by atoms with E-state index in [1.165, 1.54) is 12.1 Å². The fraction of sp³-hybridized carbons (Fsp3) is 0.250. The van der Waals surface area contributed by atoms with Crippen molar-refractivity contribution in [3.05, 3.63) is 65.7 Å². The Kier molecular flexibility index (Phi) is 8.48. The molecule has 11 heteroatoms. The molecule has 0 saturated carbocycles. The van der Waals surface area contributed by atoms with Crippen molar-refractivity contribution in [2.75, 3.05) is 0 Å². The van der Waals surface area contributed by atoms with Gasteiger partial charge < -0.3 is 21.1 Å². The fourth-order valence-electron chi connectivity index (χ4n) is 2.64. The van der Waals surface area contributed by atoms with Crippen molar-refractivity contribution in [1.82, 2.24) is 16.0 Å². The van der Waals surface area contributed by atoms with Crippen LogP contribution in [0.1, 0.15) is 18.1 Å². The fourth-order valence-corrected chi connectivity index (χ4v) is 3.40. The van der Waals surface area contributed by atoms with Crippen molar-refractivity contribution in [2.24, 2.45) is 5.14 Å². The van der Waals surface area contributed by atoms with Gasteiger partial charge in [-0.3, -0.25) is 4.79 Å². The Morgan fingerprint density at radius 2 is 1.65 bits per heavy atom. The maximum absolute atomic E-state index is 12.4. The van der Waals surface area contributed by atoms with E-state index in [0.717, 1.165) is 11.1 Å². The van der Waals surface area contributed by atoms with Gasteiger partial charge in [0, 0.05) is 13.0 Å². The SMILES string of the molecule is CC(NC(=S)NCc1ccc(S(N)(=O)=O)cc1)C(=O)NC(Cc1ccccc1)C(=O)O. The van der Waals surface area contributed by atoms with Crippen LogP contribution in [-0.2, 0) is 32.6 Å². The summed E-state index contributed by atoms with van der Waals surface area (Å²) in [5, 5.41) is 22.9. The molecule has 0 aliphatic heterocycles. The first-order valence-electron chi connectivity index (χ1n) is 9.29. The minimum Gasteiger partial charge on any atom is -0.480 e. The third-order valence-electron chi connectivity index (χ3n) is 4.34. The molecule has 166 valence electrons. The molecular formula is C20H24N4O5S2. The average molecular weight is 465 g/mol. The Morgan fingerprint density at radius 3 is 2.19 bits per heavy atom. The third kappa shape index (κ3) is 7.96. The Balaban J connectivity index is 1.85. The van der Waals surface area contributed by atoms with Crippen LogP contribution in [0.2, 0.25) is 0 Å². The van der Waals surface area contributed by atoms with Gasteiger partial charge in [0.25, 0.3) is 0 Å². The molecule has 6 N–H and O–H groups in total. The largest absolute Gasteiger partial charge is 0.480 e. The molecule has 2 aromatic rings. The van der Waals surface area contributed by atoms with Gasteiger partial charge in [-0.25, -0.2) is 18.4 Å². The standard InChI is InChI=1S/C20H24N4O5S2/c1-13(18(25)24-17(19(26)27)11-14-5-3-2-4-6-14)23-20(30)22-12-15-7-9-16(10-8-15)31(21,28)29/h2-10,13,17H,11-12H2,1H3,(H,24,25)(H,26,27)(H2,21,28,29)(H2,22,23,30). The topological polar surface area (TPSA) is 151 Å². The average Bonchev–Trinajstić information content (AvgIpc) is 2.72. The van der Waals surface area contributed by atoms with Crippen LogP contribution in [0.5, 0.6) is 0 Å². The Bertz CT molecular complexity index is 1030. The number of amides is 1. The molecular weight excluding hydrogens is 440 g/mol. The van der Waals surface area contributed by atoms with Crippen LogP contribution in [0.15, 0.2) is 59.5 Å². The highest BCUT2D eigenvalue weighted by atomic mass is 32.2. The van der Waals surface area contributed by atoms with Crippen LogP contribution in [-0.4, -0.2) is 42.6 Å². The summed E-state index contributed by atoms with van der Waals surface area (Å²) in [5.41, 5.74) is 1.55. The number of carbonyl (C=O) groups excluding carboxylic acids is 1. The summed E-state index contributed by atoms with van der Waals surface area (Å²) in [4.78, 5) is 23.9. The molecule has 2 unspecified atom stereocenters. The molecule has 0 heterocycles. The summed E-state index contributed by atoms with van der Waals surface area (Å²) in [6.45, 7) is 1.85. The summed E-state index contributed by atoms with van der Waals surface area (Å²) in [5.74, 6) is -1.64. The Morgan fingerprint density at radius 1 is 1.03 bits per heavy atom. The molecule has 0 radical (unpaired) electrons. The number of carboxylic acids is 1. The van der Waals surface area contributed by atoms with Gasteiger partial charge in [0.15, 0.2) is 5.11 Å². The van der Waals surface area contributed by atoms with Gasteiger partial charge in [-0.15, -0.1) is 0 Å². The first-order valence-corrected chi connectivity index (χ1v) is 11.2. The highest BCUT2D eigenvalue weighted by molar-refractivity contribution is 7.89. The van der Waals surface area contributed by atoms with E-state index in [-0.39, 0.29) is 23.0 Å². The maximum Gasteiger partial charge on any atom is 0.326 e. The van der Waals surface area contributed by atoms with E-state index >= 15 is 0 Å². The number of carboxylic acid groups (broad SMARTS) is 1. The molecule has 0 aliphatic rings. The number of nitrogens with one attached hydrogen (secondary N) is 3. The number of benzene rings is 2. The normalized spacial score (nSPS) is 13.0. The predicted octanol–water partition coefficient (Wildman–Crippen LogP) is 0.499. The zero-order chi connectivity index (χ0) is 23.0. The van der Waals surface area contributed by atoms with Crippen LogP contribution in [0, 0.1) is 0 Å². The van der Waals surface area contributed by atoms with Crippen molar-refractivity contribution >= 4 is 39.2 Å². The molecule has 9 nitrogen and oxygen atoms in total. The Labute approximate surface area is 186 Å². The lowest BCUT2D eigenvalue weighted by Crippen LogP contribution is -2.52. The Hall–Kier alpha value is -3.02. The second kappa shape index (κ2) is 10.8. The van der Waals surface area contributed by atoms with Crippen LogP contribution < -0.4 is 21.1 Å². The summed E-state index contributed by atoms with van der Waals surface area (Å²) >= 11 is 5.17. The molecule has 1 amide bonds. The number of nitrogens with two attached hydrogens (primary N) is 1. The van der Waals surface area contributed by atoms with E-state index in [1.807, 2.05) is 6.07 Å². The van der Waals surface area contributed by atoms with Crippen molar-refractivity contribution in [1.29, 1.82) is 0 Å². The molecule has 31 heavy (non-hydrogen) atoms. The lowest BCUT2D eigenvalue weighted by atomic mass is 10.1. The lowest BCUT2D eigenvalue weighted by molar-refractivity contribution is -0.142. The van der Waals surface area contributed by atoms with Gasteiger partial charge in [-0.1, -0.05) is 42.5 Å². The summed E-state index contributed by atoms with van der Waals surface area (Å²) in [6.07, 6.45) is 0.159. The van der Waals surface area contributed by atoms with E-state index in [4.69, 9.17) is 17.4 Å². The quantitative estimate of drug-likeness (QED) is 0.337. The van der Waals surface area contributed by atoms with E-state index in [9.17, 15) is 23.1 Å². The first kappa shape index (κ1) is 24.3. The van der Waals surface area contributed by atoms with Crippen LogP contribution in [0.4, 0.5) is 0 Å². The zero-order valence-corrected chi connectivity index (χ0v) is 18.4. The smallest absolute Gasteiger partial charge is 0.326 e. The van der Waals surface area contributed by atoms with E-state index < -0.39 is 34.0 Å². The van der Waals surface area contributed by atoms with Gasteiger partial charge >= 0.3 is 5.97 Å². The highest BCUT2D eigenvalue weighted by Crippen LogP contribution is 2.08. The number of hydrogen-bond acceptors (Lipinski definition) is 5. The number of sulfonamides is 1. The molecule has 2 atom stereocenters. The van der Waals surface area contributed by atoms with Crippen molar-refractivity contribution in [3.63, 3.8) is 0 Å². The minimum atomic E-state index is -3.76. The van der Waals surface area contributed by atoms with Crippen LogP contribution in [0.25, 0.3) is 0 Å². The number of aliphatic carboxylic acids is 1. The van der Waals surface area contributed by atoms with Gasteiger partial charge in [0.1, 0.15) is 12.1 Å². The van der Waals surface area contributed by atoms with Gasteiger partial charge in [-0.2, -0.15) is 0 Å². The second-order valence-electron chi connectivity index (χ2n) is 6.83. The van der Waals surface area contributed by atoms with Gasteiger partial charge in [0.05, 0.1) is 4.90 Å². The first-order chi connectivity index (χ1) is 14.6. The van der Waals surface area contributed by atoms with Crippen molar-refractivity contribution in [3.8, 4) is 0 Å². The zero-order valence-electron chi connectivity index (χ0n) is 16.7. The summed E-state index contributed by atoms with van der Waals surface area (Å²) < 4.78 is 22.5. The third-order valence-corrected chi connectivity index (χ3v) is 5.53. The molecule has 2 rings (SSSR count). The summed E-state index contributed by atoms with van der Waals surface area (Å²) in [6, 6.07) is 13.1. The van der Waals surface area contributed by atoms with Crippen molar-refractivity contribution < 1.29 is 23.1 Å². The molecule has 0 bridgehead atoms. The maximum atomic E-state index is 12.4. The van der Waals surface area contributed by atoms with E-state index in [1.54, 1.807) is 43.3 Å². The molecule has 0 aromatic heterocycles. The van der Waals surface area contributed by atoms with Gasteiger partial charge in [-0.05, 0) is 42.4 Å². The monoisotopic (exact) mass is 464 g/mol. The number of carbonyl (C=O) groups is 2. The molecule has 0 saturated heterocycles. The molecule has 0 aliphatic carbocycles. The van der Waals surface area contributed by atoms with E-state index in [2.05, 4.69) is 16.0 Å². The number of primary sulfonamides is 1. The van der Waals surface area contributed by atoms with Crippen LogP contribution >= 0.6 is 12.2 Å². The highest BCUT2D eigenvalue weighted by Gasteiger charge is 2.23. The summed E-state index contributed by atoms with van der Waals surface area (Å²) in [7, 11) is -3.76. The molecule has 0 fully saturated rings. The van der Waals surface area contributed by atoms with E-state index in [0.29, 0.717) is 0 Å². The lowest BCUT2D eigenvalue weighted by Gasteiger charge is -2.20. The number of hydrogen-bond donors (Lipinski definition) is 5. The molecule has 0 spiro atoms.